The summed E-state index contributed by atoms with van der Waals surface area (Å²) in [6.45, 7) is 3.13. The number of hydrogen-bond donors (Lipinski definition) is 2. The van der Waals surface area contributed by atoms with E-state index in [4.69, 9.17) is 9.84 Å². The average Bonchev–Trinajstić information content (AvgIpc) is 2.81. The van der Waals surface area contributed by atoms with E-state index in [0.717, 1.165) is 19.4 Å². The van der Waals surface area contributed by atoms with Gasteiger partial charge in [-0.2, -0.15) is 0 Å². The molecule has 0 aromatic carbocycles. The molecule has 6 heteroatoms. The van der Waals surface area contributed by atoms with Gasteiger partial charge in [-0.15, -0.1) is 0 Å². The second-order valence-electron chi connectivity index (χ2n) is 4.71. The highest BCUT2D eigenvalue weighted by Crippen LogP contribution is 2.15. The van der Waals surface area contributed by atoms with Crippen molar-refractivity contribution in [3.63, 3.8) is 0 Å². The molecular weight excluding hydrogens is 236 g/mol. The van der Waals surface area contributed by atoms with E-state index in [0.29, 0.717) is 13.0 Å². The molecule has 2 atom stereocenters. The van der Waals surface area contributed by atoms with Crippen LogP contribution in [0, 0.1) is 0 Å². The first-order chi connectivity index (χ1) is 8.50. The van der Waals surface area contributed by atoms with Crippen LogP contribution in [0.5, 0.6) is 0 Å². The summed E-state index contributed by atoms with van der Waals surface area (Å²) >= 11 is 0. The lowest BCUT2D eigenvalue weighted by molar-refractivity contribution is -0.137. The van der Waals surface area contributed by atoms with Crippen LogP contribution in [-0.4, -0.2) is 54.4 Å². The van der Waals surface area contributed by atoms with Gasteiger partial charge in [-0.3, -0.25) is 4.79 Å². The smallest absolute Gasteiger partial charge is 0.317 e. The predicted molar refractivity (Wildman–Crippen MR) is 66.5 cm³/mol. The van der Waals surface area contributed by atoms with Crippen LogP contribution in [0.15, 0.2) is 0 Å². The van der Waals surface area contributed by atoms with Crippen molar-refractivity contribution in [3.8, 4) is 0 Å². The number of carboxylic acid groups (broad SMARTS) is 1. The zero-order valence-corrected chi connectivity index (χ0v) is 11.0. The SMILES string of the molecule is CC(NC(=O)N(C)CCCC(=O)O)C1CCCO1. The Morgan fingerprint density at radius 1 is 1.56 bits per heavy atom. The molecular formula is C12H22N2O4. The first kappa shape index (κ1) is 14.8. The summed E-state index contributed by atoms with van der Waals surface area (Å²) in [5.41, 5.74) is 0. The van der Waals surface area contributed by atoms with Crippen molar-refractivity contribution in [2.45, 2.75) is 44.8 Å². The third-order valence-corrected chi connectivity index (χ3v) is 3.10. The Hall–Kier alpha value is -1.30. The van der Waals surface area contributed by atoms with E-state index >= 15 is 0 Å². The molecule has 1 rings (SSSR count). The Kier molecular flexibility index (Phi) is 5.91. The first-order valence-corrected chi connectivity index (χ1v) is 6.35. The highest BCUT2D eigenvalue weighted by molar-refractivity contribution is 5.74. The minimum atomic E-state index is -0.837. The van der Waals surface area contributed by atoms with Crippen molar-refractivity contribution in [1.29, 1.82) is 0 Å². The molecule has 0 aromatic rings. The van der Waals surface area contributed by atoms with Crippen LogP contribution >= 0.6 is 0 Å². The summed E-state index contributed by atoms with van der Waals surface area (Å²) in [6, 6.07) is -0.190. The van der Waals surface area contributed by atoms with E-state index in [1.54, 1.807) is 7.05 Å². The zero-order valence-electron chi connectivity index (χ0n) is 11.0. The lowest BCUT2D eigenvalue weighted by atomic mass is 10.1. The molecule has 1 saturated heterocycles. The van der Waals surface area contributed by atoms with Gasteiger partial charge in [0.2, 0.25) is 0 Å². The molecule has 1 heterocycles. The van der Waals surface area contributed by atoms with Gasteiger partial charge in [0, 0.05) is 26.6 Å². The molecule has 0 spiro atoms. The Bertz CT molecular complexity index is 290. The molecule has 0 aromatic heterocycles. The molecule has 0 bridgehead atoms. The number of rotatable bonds is 6. The van der Waals surface area contributed by atoms with E-state index in [-0.39, 0.29) is 24.6 Å². The molecule has 0 radical (unpaired) electrons. The molecule has 2 amide bonds. The summed E-state index contributed by atoms with van der Waals surface area (Å²) in [6.07, 6.45) is 2.66. The van der Waals surface area contributed by atoms with Gasteiger partial charge in [0.05, 0.1) is 12.1 Å². The molecule has 1 aliphatic rings. The summed E-state index contributed by atoms with van der Waals surface area (Å²) in [5, 5.41) is 11.4. The third-order valence-electron chi connectivity index (χ3n) is 3.10. The van der Waals surface area contributed by atoms with E-state index in [1.165, 1.54) is 4.90 Å². The fourth-order valence-electron chi connectivity index (χ4n) is 1.96. The van der Waals surface area contributed by atoms with Gasteiger partial charge in [0.15, 0.2) is 0 Å². The standard InChI is InChI=1S/C12H22N2O4/c1-9(10-5-4-8-18-10)13-12(17)14(2)7-3-6-11(15)16/h9-10H,3-8H2,1-2H3,(H,13,17)(H,15,16). The number of ether oxygens (including phenoxy) is 1. The van der Waals surface area contributed by atoms with Gasteiger partial charge in [-0.1, -0.05) is 0 Å². The fourth-order valence-corrected chi connectivity index (χ4v) is 1.96. The van der Waals surface area contributed by atoms with Gasteiger partial charge in [0.1, 0.15) is 0 Å². The van der Waals surface area contributed by atoms with E-state index < -0.39 is 5.97 Å². The van der Waals surface area contributed by atoms with Gasteiger partial charge in [0.25, 0.3) is 0 Å². The predicted octanol–water partition coefficient (Wildman–Crippen LogP) is 1.06. The second-order valence-corrected chi connectivity index (χ2v) is 4.71. The number of carbonyl (C=O) groups excluding carboxylic acids is 1. The highest BCUT2D eigenvalue weighted by Gasteiger charge is 2.24. The van der Waals surface area contributed by atoms with Gasteiger partial charge in [-0.05, 0) is 26.2 Å². The van der Waals surface area contributed by atoms with Crippen LogP contribution < -0.4 is 5.32 Å². The van der Waals surface area contributed by atoms with E-state index in [2.05, 4.69) is 5.32 Å². The van der Waals surface area contributed by atoms with E-state index in [9.17, 15) is 9.59 Å². The Balaban J connectivity index is 2.23. The van der Waals surface area contributed by atoms with Crippen LogP contribution in [0.3, 0.4) is 0 Å². The zero-order chi connectivity index (χ0) is 13.5. The summed E-state index contributed by atoms with van der Waals surface area (Å²) in [4.78, 5) is 23.7. The van der Waals surface area contributed by atoms with Crippen molar-refractivity contribution < 1.29 is 19.4 Å². The second kappa shape index (κ2) is 7.20. The number of nitrogens with zero attached hydrogens (tertiary/aromatic N) is 1. The Morgan fingerprint density at radius 2 is 2.28 bits per heavy atom. The molecule has 1 aliphatic heterocycles. The van der Waals surface area contributed by atoms with Gasteiger partial charge in [-0.25, -0.2) is 4.79 Å². The maximum atomic E-state index is 11.8. The topological polar surface area (TPSA) is 78.9 Å². The lowest BCUT2D eigenvalue weighted by Crippen LogP contribution is -2.46. The molecule has 104 valence electrons. The van der Waals surface area contributed by atoms with E-state index in [1.807, 2.05) is 6.92 Å². The Morgan fingerprint density at radius 3 is 2.83 bits per heavy atom. The summed E-state index contributed by atoms with van der Waals surface area (Å²) in [7, 11) is 1.67. The number of urea groups is 1. The van der Waals surface area contributed by atoms with Gasteiger partial charge >= 0.3 is 12.0 Å². The van der Waals surface area contributed by atoms with Crippen molar-refractivity contribution in [2.24, 2.45) is 0 Å². The number of nitrogens with one attached hydrogen (secondary N) is 1. The quantitative estimate of drug-likeness (QED) is 0.746. The number of carbonyl (C=O) groups is 2. The number of aliphatic carboxylic acids is 1. The minimum Gasteiger partial charge on any atom is -0.481 e. The van der Waals surface area contributed by atoms with Crippen molar-refractivity contribution in [1.82, 2.24) is 10.2 Å². The molecule has 2 N–H and O–H groups in total. The first-order valence-electron chi connectivity index (χ1n) is 6.35. The maximum absolute atomic E-state index is 11.8. The number of carboxylic acids is 1. The maximum Gasteiger partial charge on any atom is 0.317 e. The normalized spacial score (nSPS) is 20.4. The Labute approximate surface area is 107 Å². The van der Waals surface area contributed by atoms with Gasteiger partial charge < -0.3 is 20.1 Å². The fraction of sp³-hybridized carbons (Fsp3) is 0.833. The summed E-state index contributed by atoms with van der Waals surface area (Å²) < 4.78 is 5.50. The lowest BCUT2D eigenvalue weighted by Gasteiger charge is -2.24. The van der Waals surface area contributed by atoms with Crippen LogP contribution in [0.1, 0.15) is 32.6 Å². The minimum absolute atomic E-state index is 0.0121. The monoisotopic (exact) mass is 258 g/mol. The molecule has 18 heavy (non-hydrogen) atoms. The van der Waals surface area contributed by atoms with Crippen LogP contribution in [-0.2, 0) is 9.53 Å². The molecule has 6 nitrogen and oxygen atoms in total. The average molecular weight is 258 g/mol. The molecule has 0 saturated carbocycles. The summed E-state index contributed by atoms with van der Waals surface area (Å²) in [5.74, 6) is -0.837. The van der Waals surface area contributed by atoms with Crippen molar-refractivity contribution >= 4 is 12.0 Å². The van der Waals surface area contributed by atoms with Crippen LogP contribution in [0.2, 0.25) is 0 Å². The highest BCUT2D eigenvalue weighted by atomic mass is 16.5. The number of amides is 2. The molecule has 2 unspecified atom stereocenters. The third kappa shape index (κ3) is 4.91. The van der Waals surface area contributed by atoms with Crippen molar-refractivity contribution in [2.75, 3.05) is 20.2 Å². The van der Waals surface area contributed by atoms with Crippen LogP contribution in [0.4, 0.5) is 4.79 Å². The number of hydrogen-bond acceptors (Lipinski definition) is 3. The van der Waals surface area contributed by atoms with Crippen molar-refractivity contribution in [3.05, 3.63) is 0 Å². The van der Waals surface area contributed by atoms with Crippen LogP contribution in [0.25, 0.3) is 0 Å². The molecule has 0 aliphatic carbocycles. The molecule has 1 fully saturated rings. The largest absolute Gasteiger partial charge is 0.481 e.